The standard InChI is InChI=1S/C12H24O/c1-8(2)5-11-6-9(3)10(4)7-12(11)13/h8-13H,5-7H2,1-4H3. The Morgan fingerprint density at radius 3 is 2.23 bits per heavy atom. The molecule has 4 unspecified atom stereocenters. The van der Waals surface area contributed by atoms with E-state index in [1.165, 1.54) is 12.8 Å². The van der Waals surface area contributed by atoms with E-state index in [0.717, 1.165) is 18.3 Å². The molecule has 0 radical (unpaired) electrons. The average Bonchev–Trinajstić information content (AvgIpc) is 1.99. The van der Waals surface area contributed by atoms with E-state index in [-0.39, 0.29) is 6.10 Å². The fraction of sp³-hybridized carbons (Fsp3) is 1.00. The fourth-order valence-corrected chi connectivity index (χ4v) is 2.53. The van der Waals surface area contributed by atoms with Gasteiger partial charge in [-0.05, 0) is 42.9 Å². The van der Waals surface area contributed by atoms with Crippen molar-refractivity contribution in [1.82, 2.24) is 0 Å². The summed E-state index contributed by atoms with van der Waals surface area (Å²) >= 11 is 0. The SMILES string of the molecule is CC(C)CC1CC(C)C(C)CC1O. The lowest BCUT2D eigenvalue weighted by molar-refractivity contribution is 0.0154. The van der Waals surface area contributed by atoms with Crippen LogP contribution in [0.5, 0.6) is 0 Å². The summed E-state index contributed by atoms with van der Waals surface area (Å²) in [5.74, 6) is 2.79. The number of hydrogen-bond donors (Lipinski definition) is 1. The number of hydrogen-bond acceptors (Lipinski definition) is 1. The minimum atomic E-state index is -0.0337. The van der Waals surface area contributed by atoms with Gasteiger partial charge in [0, 0.05) is 0 Å². The second-order valence-electron chi connectivity index (χ2n) is 5.38. The van der Waals surface area contributed by atoms with Crippen molar-refractivity contribution in [2.45, 2.75) is 53.1 Å². The van der Waals surface area contributed by atoms with Crippen molar-refractivity contribution in [2.75, 3.05) is 0 Å². The molecule has 0 bridgehead atoms. The first-order chi connectivity index (χ1) is 6.00. The highest BCUT2D eigenvalue weighted by atomic mass is 16.3. The highest BCUT2D eigenvalue weighted by Gasteiger charge is 2.31. The first kappa shape index (κ1) is 11.0. The van der Waals surface area contributed by atoms with Gasteiger partial charge in [0.15, 0.2) is 0 Å². The van der Waals surface area contributed by atoms with Crippen molar-refractivity contribution >= 4 is 0 Å². The quantitative estimate of drug-likeness (QED) is 0.699. The zero-order chi connectivity index (χ0) is 10.0. The smallest absolute Gasteiger partial charge is 0.0571 e. The van der Waals surface area contributed by atoms with Crippen LogP contribution in [0.1, 0.15) is 47.0 Å². The lowest BCUT2D eigenvalue weighted by Crippen LogP contribution is -2.33. The molecule has 1 fully saturated rings. The fourth-order valence-electron chi connectivity index (χ4n) is 2.53. The zero-order valence-corrected chi connectivity index (χ0v) is 9.46. The van der Waals surface area contributed by atoms with Gasteiger partial charge in [-0.15, -0.1) is 0 Å². The lowest BCUT2D eigenvalue weighted by atomic mass is 9.72. The van der Waals surface area contributed by atoms with Gasteiger partial charge in [-0.2, -0.15) is 0 Å². The molecule has 0 aromatic rings. The number of rotatable bonds is 2. The van der Waals surface area contributed by atoms with Gasteiger partial charge >= 0.3 is 0 Å². The summed E-state index contributed by atoms with van der Waals surface area (Å²) in [6.07, 6.45) is 3.39. The maximum absolute atomic E-state index is 9.91. The average molecular weight is 184 g/mol. The summed E-state index contributed by atoms with van der Waals surface area (Å²) < 4.78 is 0. The molecule has 0 aliphatic heterocycles. The van der Waals surface area contributed by atoms with Gasteiger partial charge in [-0.25, -0.2) is 0 Å². The predicted octanol–water partition coefficient (Wildman–Crippen LogP) is 3.08. The van der Waals surface area contributed by atoms with E-state index >= 15 is 0 Å². The molecule has 4 atom stereocenters. The lowest BCUT2D eigenvalue weighted by Gasteiger charge is -2.37. The normalized spacial score (nSPS) is 41.1. The molecule has 1 heteroatoms. The molecule has 0 spiro atoms. The summed E-state index contributed by atoms with van der Waals surface area (Å²) in [5, 5.41) is 9.91. The van der Waals surface area contributed by atoms with Crippen LogP contribution in [-0.4, -0.2) is 11.2 Å². The molecular weight excluding hydrogens is 160 g/mol. The van der Waals surface area contributed by atoms with Gasteiger partial charge in [0.1, 0.15) is 0 Å². The molecule has 1 nitrogen and oxygen atoms in total. The molecule has 0 aromatic carbocycles. The summed E-state index contributed by atoms with van der Waals surface area (Å²) in [6, 6.07) is 0. The summed E-state index contributed by atoms with van der Waals surface area (Å²) in [7, 11) is 0. The molecule has 13 heavy (non-hydrogen) atoms. The summed E-state index contributed by atoms with van der Waals surface area (Å²) in [5.41, 5.74) is 0. The molecule has 1 N–H and O–H groups in total. The third-order valence-electron chi connectivity index (χ3n) is 3.58. The van der Waals surface area contributed by atoms with Crippen molar-refractivity contribution in [3.05, 3.63) is 0 Å². The Balaban J connectivity index is 2.46. The van der Waals surface area contributed by atoms with Gasteiger partial charge in [-0.3, -0.25) is 0 Å². The van der Waals surface area contributed by atoms with Crippen molar-refractivity contribution in [1.29, 1.82) is 0 Å². The first-order valence-electron chi connectivity index (χ1n) is 5.68. The van der Waals surface area contributed by atoms with Crippen LogP contribution in [0.4, 0.5) is 0 Å². The maximum Gasteiger partial charge on any atom is 0.0571 e. The van der Waals surface area contributed by atoms with Crippen LogP contribution < -0.4 is 0 Å². The van der Waals surface area contributed by atoms with Crippen LogP contribution in [0.25, 0.3) is 0 Å². The second-order valence-corrected chi connectivity index (χ2v) is 5.38. The van der Waals surface area contributed by atoms with E-state index in [2.05, 4.69) is 27.7 Å². The summed E-state index contributed by atoms with van der Waals surface area (Å²) in [6.45, 7) is 9.08. The molecule has 0 aromatic heterocycles. The molecule has 1 rings (SSSR count). The van der Waals surface area contributed by atoms with E-state index in [1.807, 2.05) is 0 Å². The largest absolute Gasteiger partial charge is 0.393 e. The zero-order valence-electron chi connectivity index (χ0n) is 9.46. The predicted molar refractivity (Wildman–Crippen MR) is 56.5 cm³/mol. The minimum absolute atomic E-state index is 0.0337. The van der Waals surface area contributed by atoms with Crippen molar-refractivity contribution in [2.24, 2.45) is 23.7 Å². The molecule has 1 aliphatic carbocycles. The second kappa shape index (κ2) is 4.45. The van der Waals surface area contributed by atoms with E-state index in [1.54, 1.807) is 0 Å². The van der Waals surface area contributed by atoms with E-state index in [0.29, 0.717) is 11.8 Å². The topological polar surface area (TPSA) is 20.2 Å². The molecule has 0 saturated heterocycles. The Morgan fingerprint density at radius 1 is 1.15 bits per heavy atom. The van der Waals surface area contributed by atoms with E-state index in [4.69, 9.17) is 0 Å². The molecule has 0 heterocycles. The number of aliphatic hydroxyl groups is 1. The highest BCUT2D eigenvalue weighted by Crippen LogP contribution is 2.36. The third kappa shape index (κ3) is 2.98. The molecule has 78 valence electrons. The Labute approximate surface area is 82.5 Å². The summed E-state index contributed by atoms with van der Waals surface area (Å²) in [4.78, 5) is 0. The Hall–Kier alpha value is -0.0400. The van der Waals surface area contributed by atoms with Crippen LogP contribution in [0, 0.1) is 23.7 Å². The van der Waals surface area contributed by atoms with Gasteiger partial charge < -0.3 is 5.11 Å². The van der Waals surface area contributed by atoms with Gasteiger partial charge in [0.05, 0.1) is 6.10 Å². The monoisotopic (exact) mass is 184 g/mol. The van der Waals surface area contributed by atoms with Crippen molar-refractivity contribution < 1.29 is 5.11 Å². The van der Waals surface area contributed by atoms with Crippen LogP contribution in [0.3, 0.4) is 0 Å². The Bertz CT molecular complexity index is 153. The van der Waals surface area contributed by atoms with E-state index < -0.39 is 0 Å². The van der Waals surface area contributed by atoms with Crippen LogP contribution in [0.2, 0.25) is 0 Å². The van der Waals surface area contributed by atoms with Gasteiger partial charge in [-0.1, -0.05) is 27.7 Å². The van der Waals surface area contributed by atoms with Crippen molar-refractivity contribution in [3.8, 4) is 0 Å². The number of aliphatic hydroxyl groups excluding tert-OH is 1. The van der Waals surface area contributed by atoms with Crippen molar-refractivity contribution in [3.63, 3.8) is 0 Å². The van der Waals surface area contributed by atoms with Crippen LogP contribution in [0.15, 0.2) is 0 Å². The molecule has 0 amide bonds. The van der Waals surface area contributed by atoms with Crippen LogP contribution in [-0.2, 0) is 0 Å². The Kier molecular flexibility index (Phi) is 3.78. The third-order valence-corrected chi connectivity index (χ3v) is 3.58. The van der Waals surface area contributed by atoms with Crippen LogP contribution >= 0.6 is 0 Å². The molecule has 1 saturated carbocycles. The Morgan fingerprint density at radius 2 is 1.69 bits per heavy atom. The highest BCUT2D eigenvalue weighted by molar-refractivity contribution is 4.82. The molecular formula is C12H24O. The minimum Gasteiger partial charge on any atom is -0.393 e. The van der Waals surface area contributed by atoms with E-state index in [9.17, 15) is 5.11 Å². The molecule has 1 aliphatic rings. The maximum atomic E-state index is 9.91. The first-order valence-corrected chi connectivity index (χ1v) is 5.68. The van der Waals surface area contributed by atoms with Gasteiger partial charge in [0.2, 0.25) is 0 Å². The van der Waals surface area contributed by atoms with Gasteiger partial charge in [0.25, 0.3) is 0 Å².